The number of hydrogen-bond donors (Lipinski definition) is 2. The van der Waals surface area contributed by atoms with Crippen molar-refractivity contribution in [2.75, 3.05) is 26.1 Å². The molecule has 0 saturated carbocycles. The van der Waals surface area contributed by atoms with Gasteiger partial charge >= 0.3 is 5.97 Å². The molecule has 0 atom stereocenters. The maximum absolute atomic E-state index is 11.4. The van der Waals surface area contributed by atoms with E-state index in [-0.39, 0.29) is 5.56 Å². The van der Waals surface area contributed by atoms with Crippen LogP contribution in [-0.2, 0) is 11.2 Å². The molecule has 3 N–H and O–H groups in total. The summed E-state index contributed by atoms with van der Waals surface area (Å²) in [6.45, 7) is 4.83. The van der Waals surface area contributed by atoms with Gasteiger partial charge in [0.1, 0.15) is 12.4 Å². The monoisotopic (exact) mass is 343 g/mol. The Morgan fingerprint density at radius 3 is 2.60 bits per heavy atom. The van der Waals surface area contributed by atoms with Crippen molar-refractivity contribution in [2.24, 2.45) is 0 Å². The number of hydrogen-bond acceptors (Lipinski definition) is 4. The number of carbonyl (C=O) groups is 1. The lowest BCUT2D eigenvalue weighted by Gasteiger charge is -2.17. The minimum atomic E-state index is -0.939. The molecule has 0 aliphatic rings. The molecule has 2 aromatic carbocycles. The van der Waals surface area contributed by atoms with Crippen molar-refractivity contribution in [3.8, 4) is 16.9 Å². The third kappa shape index (κ3) is 4.31. The van der Waals surface area contributed by atoms with Gasteiger partial charge in [0, 0.05) is 23.9 Å². The summed E-state index contributed by atoms with van der Waals surface area (Å²) in [6.07, 6.45) is 1.72. The fraction of sp³-hybridized carbons (Fsp3) is 0.350. The smallest absolute Gasteiger partial charge is 0.335 e. The maximum Gasteiger partial charge on any atom is 0.335 e. The average Bonchev–Trinajstić information content (AvgIpc) is 2.58. The zero-order chi connectivity index (χ0) is 18.4. The van der Waals surface area contributed by atoms with Crippen molar-refractivity contribution in [1.29, 1.82) is 0 Å². The molecule has 0 aliphatic carbocycles. The Bertz CT molecular complexity index is 756. The van der Waals surface area contributed by atoms with Gasteiger partial charge in [-0.25, -0.2) is 4.79 Å². The van der Waals surface area contributed by atoms with Gasteiger partial charge < -0.3 is 20.3 Å². The normalized spacial score (nSPS) is 10.7. The topological polar surface area (TPSA) is 81.8 Å². The van der Waals surface area contributed by atoms with Crippen molar-refractivity contribution >= 4 is 11.7 Å². The largest absolute Gasteiger partial charge is 0.491 e. The molecule has 0 spiro atoms. The van der Waals surface area contributed by atoms with Crippen LogP contribution in [-0.4, -0.2) is 31.4 Å². The lowest BCUT2D eigenvalue weighted by molar-refractivity contribution is 0.0696. The minimum absolute atomic E-state index is 0.286. The first kappa shape index (κ1) is 18.8. The van der Waals surface area contributed by atoms with Crippen LogP contribution in [0.2, 0.25) is 0 Å². The van der Waals surface area contributed by atoms with Gasteiger partial charge in [-0.15, -0.1) is 0 Å². The minimum Gasteiger partial charge on any atom is -0.491 e. The lowest BCUT2D eigenvalue weighted by atomic mass is 9.95. The van der Waals surface area contributed by atoms with E-state index in [1.807, 2.05) is 18.2 Å². The third-order valence-electron chi connectivity index (χ3n) is 4.14. The van der Waals surface area contributed by atoms with Crippen LogP contribution in [0.15, 0.2) is 30.3 Å². The number of aromatic carboxylic acids is 1. The van der Waals surface area contributed by atoms with Crippen LogP contribution in [0.3, 0.4) is 0 Å². The van der Waals surface area contributed by atoms with Crippen molar-refractivity contribution in [3.05, 3.63) is 47.0 Å². The average molecular weight is 343 g/mol. The number of ether oxygens (including phenoxy) is 2. The fourth-order valence-electron chi connectivity index (χ4n) is 2.79. The number of rotatable bonds is 8. The zero-order valence-corrected chi connectivity index (χ0v) is 15.0. The van der Waals surface area contributed by atoms with E-state index in [0.717, 1.165) is 40.8 Å². The molecule has 0 saturated heterocycles. The van der Waals surface area contributed by atoms with Gasteiger partial charge in [0.2, 0.25) is 0 Å². The van der Waals surface area contributed by atoms with Crippen molar-refractivity contribution in [1.82, 2.24) is 0 Å². The summed E-state index contributed by atoms with van der Waals surface area (Å²) in [5.41, 5.74) is 10.6. The predicted octanol–water partition coefficient (Wildman–Crippen LogP) is 3.92. The number of nitrogen functional groups attached to an aromatic ring is 1. The first-order valence-corrected chi connectivity index (χ1v) is 8.37. The van der Waals surface area contributed by atoms with Gasteiger partial charge in [0.05, 0.1) is 12.2 Å². The van der Waals surface area contributed by atoms with Crippen LogP contribution in [0.25, 0.3) is 11.1 Å². The molecule has 134 valence electrons. The second-order valence-electron chi connectivity index (χ2n) is 5.93. The summed E-state index contributed by atoms with van der Waals surface area (Å²) in [5.74, 6) is -0.183. The number of benzene rings is 2. The van der Waals surface area contributed by atoms with Crippen LogP contribution in [0.4, 0.5) is 5.69 Å². The molecule has 5 heteroatoms. The van der Waals surface area contributed by atoms with Crippen molar-refractivity contribution < 1.29 is 19.4 Å². The standard InChI is InChI=1S/C20H25NO4/c1-4-5-16-18(25-11-10-24-3)9-8-15(19(16)21)14-7-6-13(2)17(12-14)20(22)23/h6-9,12H,4-5,10-11,21H2,1-3H3,(H,22,23). The van der Waals surface area contributed by atoms with Gasteiger partial charge in [0.25, 0.3) is 0 Å². The van der Waals surface area contributed by atoms with E-state index in [2.05, 4.69) is 6.92 Å². The molecule has 2 rings (SSSR count). The van der Waals surface area contributed by atoms with E-state index in [1.54, 1.807) is 26.2 Å². The van der Waals surface area contributed by atoms with Crippen LogP contribution >= 0.6 is 0 Å². The first-order chi connectivity index (χ1) is 12.0. The van der Waals surface area contributed by atoms with Crippen LogP contribution in [0, 0.1) is 6.92 Å². The number of methoxy groups -OCH3 is 1. The molecule has 0 fully saturated rings. The molecule has 2 aromatic rings. The molecule has 0 aromatic heterocycles. The highest BCUT2D eigenvalue weighted by molar-refractivity contribution is 5.92. The second kappa shape index (κ2) is 8.53. The highest BCUT2D eigenvalue weighted by Gasteiger charge is 2.15. The molecule has 25 heavy (non-hydrogen) atoms. The molecule has 0 bridgehead atoms. The van der Waals surface area contributed by atoms with E-state index >= 15 is 0 Å². The van der Waals surface area contributed by atoms with E-state index in [9.17, 15) is 9.90 Å². The highest BCUT2D eigenvalue weighted by Crippen LogP contribution is 2.36. The molecular formula is C20H25NO4. The summed E-state index contributed by atoms with van der Waals surface area (Å²) < 4.78 is 10.8. The fourth-order valence-corrected chi connectivity index (χ4v) is 2.79. The van der Waals surface area contributed by atoms with Gasteiger partial charge in [-0.05, 0) is 42.7 Å². The zero-order valence-electron chi connectivity index (χ0n) is 15.0. The van der Waals surface area contributed by atoms with E-state index < -0.39 is 5.97 Å². The van der Waals surface area contributed by atoms with Gasteiger partial charge in [-0.1, -0.05) is 25.5 Å². The first-order valence-electron chi connectivity index (χ1n) is 8.37. The van der Waals surface area contributed by atoms with Crippen molar-refractivity contribution in [2.45, 2.75) is 26.7 Å². The van der Waals surface area contributed by atoms with E-state index in [0.29, 0.717) is 18.9 Å². The quantitative estimate of drug-likeness (QED) is 0.561. The Balaban J connectivity index is 2.47. The van der Waals surface area contributed by atoms with E-state index in [4.69, 9.17) is 15.2 Å². The Kier molecular flexibility index (Phi) is 6.42. The molecule has 0 heterocycles. The second-order valence-corrected chi connectivity index (χ2v) is 5.93. The Labute approximate surface area is 148 Å². The molecular weight excluding hydrogens is 318 g/mol. The Hall–Kier alpha value is -2.53. The number of anilines is 1. The van der Waals surface area contributed by atoms with Crippen LogP contribution in [0.5, 0.6) is 5.75 Å². The predicted molar refractivity (Wildman–Crippen MR) is 99.4 cm³/mol. The summed E-state index contributed by atoms with van der Waals surface area (Å²) in [5, 5.41) is 9.35. The maximum atomic E-state index is 11.4. The van der Waals surface area contributed by atoms with Gasteiger partial charge in [-0.2, -0.15) is 0 Å². The Morgan fingerprint density at radius 1 is 1.20 bits per heavy atom. The lowest BCUT2D eigenvalue weighted by Crippen LogP contribution is -2.08. The molecule has 0 amide bonds. The number of aryl methyl sites for hydroxylation is 1. The van der Waals surface area contributed by atoms with Crippen LogP contribution < -0.4 is 10.5 Å². The molecule has 0 aliphatic heterocycles. The number of carboxylic acid groups (broad SMARTS) is 1. The number of nitrogens with two attached hydrogens (primary N) is 1. The third-order valence-corrected chi connectivity index (χ3v) is 4.14. The number of carboxylic acids is 1. The molecule has 5 nitrogen and oxygen atoms in total. The summed E-state index contributed by atoms with van der Waals surface area (Å²) in [4.78, 5) is 11.4. The summed E-state index contributed by atoms with van der Waals surface area (Å²) in [7, 11) is 1.63. The Morgan fingerprint density at radius 2 is 1.96 bits per heavy atom. The van der Waals surface area contributed by atoms with Crippen LogP contribution in [0.1, 0.15) is 34.8 Å². The van der Waals surface area contributed by atoms with Gasteiger partial charge in [-0.3, -0.25) is 0 Å². The van der Waals surface area contributed by atoms with Gasteiger partial charge in [0.15, 0.2) is 0 Å². The summed E-state index contributed by atoms with van der Waals surface area (Å²) >= 11 is 0. The van der Waals surface area contributed by atoms with Crippen molar-refractivity contribution in [3.63, 3.8) is 0 Å². The SMILES string of the molecule is CCCc1c(OCCOC)ccc(-c2ccc(C)c(C(=O)O)c2)c1N. The summed E-state index contributed by atoms with van der Waals surface area (Å²) in [6, 6.07) is 9.15. The molecule has 0 radical (unpaired) electrons. The molecule has 0 unspecified atom stereocenters. The van der Waals surface area contributed by atoms with E-state index in [1.165, 1.54) is 0 Å². The highest BCUT2D eigenvalue weighted by atomic mass is 16.5.